The van der Waals surface area contributed by atoms with E-state index in [0.29, 0.717) is 0 Å². The Morgan fingerprint density at radius 1 is 0.676 bits per heavy atom. The van der Waals surface area contributed by atoms with Gasteiger partial charge in [-0.15, -0.1) is 0 Å². The number of hydrogen-bond acceptors (Lipinski definition) is 12. The number of aromatic hydroxyl groups is 2. The molecule has 2 aromatic rings. The molecule has 3 rings (SSSR count). The third-order valence-electron chi connectivity index (χ3n) is 4.35. The number of nitro benzene ring substituents is 2. The third kappa shape index (κ3) is 5.06. The molecule has 0 spiro atoms. The van der Waals surface area contributed by atoms with E-state index < -0.39 is 96.6 Å². The number of phenols is 2. The molecule has 2 aromatic carbocycles. The largest absolute Gasteiger partial charge is 1.00 e. The van der Waals surface area contributed by atoms with Crippen LogP contribution >= 0.6 is 0 Å². The number of phenolic OH excluding ortho intramolecular Hbond substituents is 2. The molecule has 172 valence electrons. The first-order valence-corrected chi connectivity index (χ1v) is 10.5. The summed E-state index contributed by atoms with van der Waals surface area (Å²) in [4.78, 5) is 42.7. The summed E-state index contributed by atoms with van der Waals surface area (Å²) in [6.45, 7) is 0. The van der Waals surface area contributed by atoms with Crippen LogP contribution < -0.4 is 103 Å². The maximum atomic E-state index is 12.9. The molecule has 0 fully saturated rings. The third-order valence-corrected chi connectivity index (χ3v) is 6.08. The fourth-order valence-electron chi connectivity index (χ4n) is 3.10. The van der Waals surface area contributed by atoms with Gasteiger partial charge in [-0.1, -0.05) is 0 Å². The molecule has 0 aromatic heterocycles. The number of ketones is 2. The minimum atomic E-state index is -5.43. The van der Waals surface area contributed by atoms with Gasteiger partial charge in [0.15, 0.2) is 0 Å². The van der Waals surface area contributed by atoms with Crippen LogP contribution in [-0.2, 0) is 20.2 Å². The Hall–Kier alpha value is -0.727. The molecule has 34 heavy (non-hydrogen) atoms. The van der Waals surface area contributed by atoms with Gasteiger partial charge in [-0.3, -0.25) is 38.9 Å². The second kappa shape index (κ2) is 10.3. The van der Waals surface area contributed by atoms with Crippen molar-refractivity contribution >= 4 is 43.2 Å². The minimum Gasteiger partial charge on any atom is -1.00 e. The summed E-state index contributed by atoms with van der Waals surface area (Å²) in [5, 5.41) is 43.1. The van der Waals surface area contributed by atoms with Crippen molar-refractivity contribution in [3.05, 3.63) is 54.6 Å². The van der Waals surface area contributed by atoms with Crippen LogP contribution in [0, 0.1) is 20.2 Å². The number of carbonyl (C=O) groups excluding carboxylic acids is 2. The standard InChI is InChI=1S/C14H6N2O14S2.2K.2H/c17-11-5(31(25,26)27)1-3(15(21)22)7-9(11)14(20)10-8(13(7)19)4(16(23)24)2-6(12(10)18)32(28,29)30;;;;/h1-2,17-18H,(H,25,26,27)(H,28,29,30);;;;/q;2*+1;2*-1. The maximum Gasteiger partial charge on any atom is 1.00 e. The van der Waals surface area contributed by atoms with Crippen molar-refractivity contribution in [1.82, 2.24) is 0 Å². The molecule has 1 aliphatic rings. The number of hydrogen-bond donors (Lipinski definition) is 4. The van der Waals surface area contributed by atoms with Crippen LogP contribution in [0.4, 0.5) is 11.4 Å². The Kier molecular flexibility index (Phi) is 9.51. The van der Waals surface area contributed by atoms with Crippen molar-refractivity contribution in [2.24, 2.45) is 0 Å². The summed E-state index contributed by atoms with van der Waals surface area (Å²) < 4.78 is 64.3. The quantitative estimate of drug-likeness (QED) is 0.0986. The van der Waals surface area contributed by atoms with Crippen molar-refractivity contribution in [1.29, 1.82) is 0 Å². The Bertz CT molecular complexity index is 1430. The van der Waals surface area contributed by atoms with Crippen LogP contribution in [0.3, 0.4) is 0 Å². The first-order valence-electron chi connectivity index (χ1n) is 7.63. The normalized spacial score (nSPS) is 12.6. The van der Waals surface area contributed by atoms with Gasteiger partial charge < -0.3 is 13.1 Å². The SMILES string of the molecule is O=C1c2c([N+](=O)[O-])cc(S(=O)(=O)O)c(O)c2C(=O)c2c(O)c(S(=O)(=O)O)cc([N+](=O)[O-])c21.[H-].[H-].[K+].[K+]. The van der Waals surface area contributed by atoms with Crippen LogP contribution in [0.2, 0.25) is 0 Å². The van der Waals surface area contributed by atoms with E-state index >= 15 is 0 Å². The number of benzene rings is 2. The number of carbonyl (C=O) groups is 2. The van der Waals surface area contributed by atoms with Gasteiger partial charge in [0.1, 0.15) is 32.4 Å². The topological polar surface area (TPSA) is 270 Å². The van der Waals surface area contributed by atoms with Crippen LogP contribution in [0.25, 0.3) is 0 Å². The molecule has 0 amide bonds. The zero-order valence-corrected chi connectivity index (χ0v) is 24.6. The molecule has 0 heterocycles. The molecule has 0 unspecified atom stereocenters. The Balaban J connectivity index is 0. The van der Waals surface area contributed by atoms with E-state index in [-0.39, 0.29) is 118 Å². The summed E-state index contributed by atoms with van der Waals surface area (Å²) in [6, 6.07) is 0.0514. The maximum absolute atomic E-state index is 12.9. The molecular formula is C14H8K2N2O14S2. The van der Waals surface area contributed by atoms with Gasteiger partial charge in [-0.2, -0.15) is 16.8 Å². The Morgan fingerprint density at radius 3 is 1.18 bits per heavy atom. The van der Waals surface area contributed by atoms with Crippen molar-refractivity contribution in [2.75, 3.05) is 0 Å². The van der Waals surface area contributed by atoms with Crippen LogP contribution in [0.15, 0.2) is 21.9 Å². The summed E-state index contributed by atoms with van der Waals surface area (Å²) in [5.74, 6) is -6.94. The number of rotatable bonds is 4. The fourth-order valence-corrected chi connectivity index (χ4v) is 4.32. The predicted molar refractivity (Wildman–Crippen MR) is 98.2 cm³/mol. The first-order chi connectivity index (χ1) is 14.5. The summed E-state index contributed by atoms with van der Waals surface area (Å²) in [7, 11) is -10.9. The van der Waals surface area contributed by atoms with Gasteiger partial charge in [0.25, 0.3) is 31.6 Å². The van der Waals surface area contributed by atoms with E-state index in [2.05, 4.69) is 0 Å². The minimum absolute atomic E-state index is 0. The first kappa shape index (κ1) is 31.3. The second-order valence-corrected chi connectivity index (χ2v) is 8.89. The summed E-state index contributed by atoms with van der Waals surface area (Å²) >= 11 is 0. The molecule has 1 aliphatic carbocycles. The summed E-state index contributed by atoms with van der Waals surface area (Å²) in [6.07, 6.45) is 0. The molecule has 20 heteroatoms. The monoisotopic (exact) mass is 570 g/mol. The van der Waals surface area contributed by atoms with Gasteiger partial charge >= 0.3 is 103 Å². The van der Waals surface area contributed by atoms with Gasteiger partial charge in [0.2, 0.25) is 11.6 Å². The van der Waals surface area contributed by atoms with Crippen LogP contribution in [-0.4, -0.2) is 57.6 Å². The van der Waals surface area contributed by atoms with Gasteiger partial charge in [0.05, 0.1) is 21.0 Å². The Morgan fingerprint density at radius 2 is 0.941 bits per heavy atom. The molecule has 0 radical (unpaired) electrons. The molecule has 0 bridgehead atoms. The zero-order valence-electron chi connectivity index (χ0n) is 18.7. The molecule has 4 N–H and O–H groups in total. The molecule has 0 saturated carbocycles. The van der Waals surface area contributed by atoms with Crippen LogP contribution in [0.1, 0.15) is 34.7 Å². The van der Waals surface area contributed by atoms with Gasteiger partial charge in [-0.05, 0) is 0 Å². The number of fused-ring (bicyclic) bond motifs is 2. The number of nitro groups is 2. The fraction of sp³-hybridized carbons (Fsp3) is 0. The van der Waals surface area contributed by atoms with Gasteiger partial charge in [-0.25, -0.2) is 0 Å². The van der Waals surface area contributed by atoms with E-state index in [9.17, 15) is 66.0 Å². The van der Waals surface area contributed by atoms with E-state index in [0.717, 1.165) is 0 Å². The van der Waals surface area contributed by atoms with Gasteiger partial charge in [0, 0.05) is 12.1 Å². The molecule has 0 saturated heterocycles. The average molecular weight is 571 g/mol. The van der Waals surface area contributed by atoms with E-state index in [1.165, 1.54) is 0 Å². The van der Waals surface area contributed by atoms with Crippen molar-refractivity contribution < 1.29 is 161 Å². The predicted octanol–water partition coefficient (Wildman–Crippen LogP) is -5.58. The Labute approximate surface area is 276 Å². The molecule has 16 nitrogen and oxygen atoms in total. The second-order valence-electron chi connectivity index (χ2n) is 6.11. The zero-order chi connectivity index (χ0) is 24.5. The van der Waals surface area contributed by atoms with E-state index in [1.54, 1.807) is 0 Å². The van der Waals surface area contributed by atoms with E-state index in [4.69, 9.17) is 0 Å². The average Bonchev–Trinajstić information content (AvgIpc) is 2.62. The van der Waals surface area contributed by atoms with Crippen molar-refractivity contribution in [3.63, 3.8) is 0 Å². The van der Waals surface area contributed by atoms with Crippen LogP contribution in [0.5, 0.6) is 11.5 Å². The summed E-state index contributed by atoms with van der Waals surface area (Å²) in [5.41, 5.74) is -8.47. The number of nitrogens with zero attached hydrogens (tertiary/aromatic N) is 2. The molecule has 0 atom stereocenters. The molecule has 0 aliphatic heterocycles. The van der Waals surface area contributed by atoms with Crippen molar-refractivity contribution in [3.8, 4) is 11.5 Å². The van der Waals surface area contributed by atoms with E-state index in [1.807, 2.05) is 0 Å². The smallest absolute Gasteiger partial charge is 1.00 e. The van der Waals surface area contributed by atoms with Crippen molar-refractivity contribution in [2.45, 2.75) is 9.79 Å². The molecular weight excluding hydrogens is 562 g/mol.